The zero-order valence-corrected chi connectivity index (χ0v) is 13.4. The van der Waals surface area contributed by atoms with Crippen LogP contribution in [0.15, 0.2) is 30.3 Å². The second-order valence-corrected chi connectivity index (χ2v) is 5.86. The van der Waals surface area contributed by atoms with Gasteiger partial charge in [-0.2, -0.15) is 0 Å². The number of amides is 1. The molecule has 0 aromatic heterocycles. The van der Waals surface area contributed by atoms with Gasteiger partial charge in [0.25, 0.3) is 0 Å². The SMILES string of the molecule is CO[C@@H](C)CC(=O)N1CCN(C[C@@H](O)c2ccccc2)CC1. The van der Waals surface area contributed by atoms with Gasteiger partial charge in [0, 0.05) is 39.8 Å². The standard InChI is InChI=1S/C17H26N2O3/c1-14(22-2)12-17(21)19-10-8-18(9-11-19)13-16(20)15-6-4-3-5-7-15/h3-7,14,16,20H,8-13H2,1-2H3/t14-,16+/m0/s1. The van der Waals surface area contributed by atoms with Crippen LogP contribution >= 0.6 is 0 Å². The van der Waals surface area contributed by atoms with Gasteiger partial charge in [-0.15, -0.1) is 0 Å². The summed E-state index contributed by atoms with van der Waals surface area (Å²) in [7, 11) is 1.63. The van der Waals surface area contributed by atoms with Crippen LogP contribution in [0, 0.1) is 0 Å². The Labute approximate surface area is 132 Å². The maximum Gasteiger partial charge on any atom is 0.225 e. The number of hydrogen-bond acceptors (Lipinski definition) is 4. The number of benzene rings is 1. The molecule has 22 heavy (non-hydrogen) atoms. The quantitative estimate of drug-likeness (QED) is 0.860. The number of aliphatic hydroxyl groups is 1. The summed E-state index contributed by atoms with van der Waals surface area (Å²) in [5.41, 5.74) is 0.940. The molecule has 0 radical (unpaired) electrons. The minimum Gasteiger partial charge on any atom is -0.387 e. The van der Waals surface area contributed by atoms with Crippen LogP contribution in [0.4, 0.5) is 0 Å². The molecular weight excluding hydrogens is 280 g/mol. The maximum atomic E-state index is 12.1. The van der Waals surface area contributed by atoms with E-state index in [1.54, 1.807) is 7.11 Å². The first-order valence-electron chi connectivity index (χ1n) is 7.86. The molecule has 122 valence electrons. The molecule has 1 amide bonds. The molecule has 1 aliphatic heterocycles. The summed E-state index contributed by atoms with van der Waals surface area (Å²) in [6.45, 7) is 5.56. The number of methoxy groups -OCH3 is 1. The number of piperazine rings is 1. The molecule has 1 aromatic rings. The van der Waals surface area contributed by atoms with Crippen molar-refractivity contribution in [2.75, 3.05) is 39.8 Å². The Morgan fingerprint density at radius 2 is 1.86 bits per heavy atom. The first kappa shape index (κ1) is 16.9. The number of nitrogens with zero attached hydrogens (tertiary/aromatic N) is 2. The third kappa shape index (κ3) is 4.80. The summed E-state index contributed by atoms with van der Waals surface area (Å²) in [6.07, 6.45) is -0.0780. The first-order valence-corrected chi connectivity index (χ1v) is 7.86. The summed E-state index contributed by atoms with van der Waals surface area (Å²) in [6, 6.07) is 9.70. The van der Waals surface area contributed by atoms with Crippen molar-refractivity contribution in [2.24, 2.45) is 0 Å². The molecule has 0 bridgehead atoms. The molecule has 2 atom stereocenters. The van der Waals surface area contributed by atoms with Gasteiger partial charge in [0.2, 0.25) is 5.91 Å². The van der Waals surface area contributed by atoms with Crippen LogP contribution in [0.5, 0.6) is 0 Å². The Kier molecular flexibility index (Phi) is 6.36. The summed E-state index contributed by atoms with van der Waals surface area (Å²) in [4.78, 5) is 16.2. The van der Waals surface area contributed by atoms with Gasteiger partial charge < -0.3 is 14.7 Å². The Hall–Kier alpha value is -1.43. The molecule has 2 rings (SSSR count). The van der Waals surface area contributed by atoms with E-state index in [1.807, 2.05) is 42.2 Å². The zero-order valence-electron chi connectivity index (χ0n) is 13.4. The molecule has 0 saturated carbocycles. The van der Waals surface area contributed by atoms with E-state index in [4.69, 9.17) is 4.74 Å². The van der Waals surface area contributed by atoms with Gasteiger partial charge in [0.05, 0.1) is 18.6 Å². The smallest absolute Gasteiger partial charge is 0.225 e. The molecule has 0 unspecified atom stereocenters. The predicted molar refractivity (Wildman–Crippen MR) is 85.5 cm³/mol. The lowest BCUT2D eigenvalue weighted by molar-refractivity contribution is -0.135. The van der Waals surface area contributed by atoms with Crippen molar-refractivity contribution < 1.29 is 14.6 Å². The molecule has 1 fully saturated rings. The number of ether oxygens (including phenoxy) is 1. The van der Waals surface area contributed by atoms with Crippen LogP contribution < -0.4 is 0 Å². The fourth-order valence-electron chi connectivity index (χ4n) is 2.66. The zero-order chi connectivity index (χ0) is 15.9. The molecule has 0 spiro atoms. The van der Waals surface area contributed by atoms with Crippen LogP contribution in [0.25, 0.3) is 0 Å². The molecule has 1 aliphatic rings. The summed E-state index contributed by atoms with van der Waals surface area (Å²) in [5.74, 6) is 0.151. The van der Waals surface area contributed by atoms with E-state index in [-0.39, 0.29) is 12.0 Å². The lowest BCUT2D eigenvalue weighted by Crippen LogP contribution is -2.50. The largest absolute Gasteiger partial charge is 0.387 e. The second kappa shape index (κ2) is 8.27. The number of carbonyl (C=O) groups is 1. The molecule has 0 aliphatic carbocycles. The lowest BCUT2D eigenvalue weighted by Gasteiger charge is -2.36. The third-order valence-corrected chi connectivity index (χ3v) is 4.20. The highest BCUT2D eigenvalue weighted by Gasteiger charge is 2.23. The highest BCUT2D eigenvalue weighted by molar-refractivity contribution is 5.76. The van der Waals surface area contributed by atoms with Gasteiger partial charge in [0.1, 0.15) is 0 Å². The topological polar surface area (TPSA) is 53.0 Å². The monoisotopic (exact) mass is 306 g/mol. The maximum absolute atomic E-state index is 12.1. The van der Waals surface area contributed by atoms with Crippen molar-refractivity contribution in [1.29, 1.82) is 0 Å². The fraction of sp³-hybridized carbons (Fsp3) is 0.588. The van der Waals surface area contributed by atoms with Crippen molar-refractivity contribution in [3.8, 4) is 0 Å². The Balaban J connectivity index is 1.76. The predicted octanol–water partition coefficient (Wildman–Crippen LogP) is 1.29. The molecule has 1 saturated heterocycles. The highest BCUT2D eigenvalue weighted by atomic mass is 16.5. The summed E-state index contributed by atoms with van der Waals surface area (Å²) in [5, 5.41) is 10.3. The summed E-state index contributed by atoms with van der Waals surface area (Å²) < 4.78 is 5.14. The van der Waals surface area contributed by atoms with E-state index in [9.17, 15) is 9.90 Å². The van der Waals surface area contributed by atoms with Gasteiger partial charge >= 0.3 is 0 Å². The molecular formula is C17H26N2O3. The van der Waals surface area contributed by atoms with Crippen molar-refractivity contribution in [3.05, 3.63) is 35.9 Å². The van der Waals surface area contributed by atoms with Gasteiger partial charge in [-0.3, -0.25) is 9.69 Å². The molecule has 1 heterocycles. The van der Waals surface area contributed by atoms with Crippen LogP contribution in [-0.4, -0.2) is 66.8 Å². The van der Waals surface area contributed by atoms with Gasteiger partial charge in [0.15, 0.2) is 0 Å². The average Bonchev–Trinajstić information content (AvgIpc) is 2.56. The van der Waals surface area contributed by atoms with Gasteiger partial charge in [-0.25, -0.2) is 0 Å². The van der Waals surface area contributed by atoms with E-state index < -0.39 is 6.10 Å². The number of β-amino-alcohol motifs (C(OH)–C–C–N with tert-alkyl or cyclic N) is 1. The summed E-state index contributed by atoms with van der Waals surface area (Å²) >= 11 is 0. The number of hydrogen-bond donors (Lipinski definition) is 1. The van der Waals surface area contributed by atoms with E-state index in [1.165, 1.54) is 0 Å². The van der Waals surface area contributed by atoms with Crippen molar-refractivity contribution in [3.63, 3.8) is 0 Å². The van der Waals surface area contributed by atoms with Crippen LogP contribution in [0.3, 0.4) is 0 Å². The van der Waals surface area contributed by atoms with E-state index in [2.05, 4.69) is 4.90 Å². The van der Waals surface area contributed by atoms with Crippen LogP contribution in [0.1, 0.15) is 25.0 Å². The number of aliphatic hydroxyl groups excluding tert-OH is 1. The van der Waals surface area contributed by atoms with Gasteiger partial charge in [-0.1, -0.05) is 30.3 Å². The minimum absolute atomic E-state index is 0.0366. The van der Waals surface area contributed by atoms with Gasteiger partial charge in [-0.05, 0) is 12.5 Å². The van der Waals surface area contributed by atoms with Crippen LogP contribution in [-0.2, 0) is 9.53 Å². The van der Waals surface area contributed by atoms with E-state index in [0.717, 1.165) is 31.7 Å². The third-order valence-electron chi connectivity index (χ3n) is 4.20. The molecule has 5 heteroatoms. The van der Waals surface area contributed by atoms with Crippen molar-refractivity contribution >= 4 is 5.91 Å². The molecule has 1 aromatic carbocycles. The fourth-order valence-corrected chi connectivity index (χ4v) is 2.66. The average molecular weight is 306 g/mol. The number of carbonyl (C=O) groups excluding carboxylic acids is 1. The number of rotatable bonds is 6. The first-order chi connectivity index (χ1) is 10.6. The Bertz CT molecular complexity index is 458. The Morgan fingerprint density at radius 3 is 2.45 bits per heavy atom. The second-order valence-electron chi connectivity index (χ2n) is 5.86. The minimum atomic E-state index is -0.475. The van der Waals surface area contributed by atoms with Crippen molar-refractivity contribution in [2.45, 2.75) is 25.6 Å². The lowest BCUT2D eigenvalue weighted by atomic mass is 10.1. The van der Waals surface area contributed by atoms with Crippen LogP contribution in [0.2, 0.25) is 0 Å². The van der Waals surface area contributed by atoms with E-state index in [0.29, 0.717) is 13.0 Å². The normalized spacial score (nSPS) is 19.0. The van der Waals surface area contributed by atoms with E-state index >= 15 is 0 Å². The van der Waals surface area contributed by atoms with Crippen molar-refractivity contribution in [1.82, 2.24) is 9.80 Å². The Morgan fingerprint density at radius 1 is 1.23 bits per heavy atom. The molecule has 5 nitrogen and oxygen atoms in total. The molecule has 1 N–H and O–H groups in total. The highest BCUT2D eigenvalue weighted by Crippen LogP contribution is 2.15.